The van der Waals surface area contributed by atoms with Gasteiger partial charge in [0.15, 0.2) is 0 Å². The first-order valence-electron chi connectivity index (χ1n) is 19.3. The lowest BCUT2D eigenvalue weighted by Crippen LogP contribution is -2.10. The van der Waals surface area contributed by atoms with Gasteiger partial charge in [0.25, 0.3) is 0 Å². The molecule has 0 saturated carbocycles. The third kappa shape index (κ3) is 34.4. The van der Waals surface area contributed by atoms with Crippen LogP contribution in [0.3, 0.4) is 0 Å². The Kier molecular flexibility index (Phi) is 35.1. The molecule has 0 aromatic heterocycles. The summed E-state index contributed by atoms with van der Waals surface area (Å²) < 4.78 is 32.6. The summed E-state index contributed by atoms with van der Waals surface area (Å²) in [6.07, 6.45) is 28.6. The van der Waals surface area contributed by atoms with Gasteiger partial charge in [-0.1, -0.05) is 135 Å². The van der Waals surface area contributed by atoms with Crippen LogP contribution < -0.4 is 0 Å². The minimum atomic E-state index is -3.36. The van der Waals surface area contributed by atoms with Gasteiger partial charge in [0.1, 0.15) is 19.8 Å². The van der Waals surface area contributed by atoms with E-state index >= 15 is 0 Å². The molecule has 0 amide bonds. The van der Waals surface area contributed by atoms with Gasteiger partial charge in [-0.25, -0.2) is 14.4 Å². The topological polar surface area (TPSA) is 127 Å². The van der Waals surface area contributed by atoms with Crippen LogP contribution >= 0.6 is 8.17 Å². The molecule has 0 radical (unpaired) electrons. The summed E-state index contributed by atoms with van der Waals surface area (Å²) in [5, 5.41) is 0. The minimum absolute atomic E-state index is 0.361. The number of ether oxygens (including phenoxy) is 3. The summed E-state index contributed by atoms with van der Waals surface area (Å²) in [6.45, 7) is 12.8. The molecule has 10 nitrogen and oxygen atoms in total. The predicted octanol–water partition coefficient (Wildman–Crippen LogP) is 10.3. The van der Waals surface area contributed by atoms with E-state index in [2.05, 4.69) is 19.7 Å². The second-order valence-electron chi connectivity index (χ2n) is 12.6. The Bertz CT molecular complexity index is 758. The number of hydrogen-bond donors (Lipinski definition) is 1. The van der Waals surface area contributed by atoms with E-state index in [9.17, 15) is 19.3 Å². The fourth-order valence-corrected chi connectivity index (χ4v) is 6.44. The van der Waals surface area contributed by atoms with Crippen molar-refractivity contribution < 1.29 is 47.1 Å². The number of rotatable bonds is 39. The first kappa shape index (κ1) is 47.9. The van der Waals surface area contributed by atoms with Gasteiger partial charge in [0.2, 0.25) is 0 Å². The van der Waals surface area contributed by atoms with Gasteiger partial charge >= 0.3 is 26.1 Å². The molecule has 0 saturated heterocycles. The van der Waals surface area contributed by atoms with Crippen molar-refractivity contribution in [1.29, 1.82) is 0 Å². The van der Waals surface area contributed by atoms with Crippen molar-refractivity contribution in [2.75, 3.05) is 39.6 Å². The van der Waals surface area contributed by atoms with Crippen molar-refractivity contribution in [2.45, 2.75) is 154 Å². The highest BCUT2D eigenvalue weighted by Crippen LogP contribution is 2.58. The summed E-state index contributed by atoms with van der Waals surface area (Å²) >= 11 is 0. The van der Waals surface area contributed by atoms with Crippen molar-refractivity contribution in [2.24, 2.45) is 0 Å². The van der Waals surface area contributed by atoms with Gasteiger partial charge < -0.3 is 14.2 Å². The standard InChI is InChI=1S/C39H70O10P/c1-4-37(40)44-31-25-19-13-7-10-16-22-28-34-47-50(43,48-35-29-23-17-11-8-14-20-26-32-45-38(41)5-2)49-36-30-24-18-12-9-15-21-27-33-46-39(42)6-3/h4-6,43H,1-3,7-36H2/q+1. The van der Waals surface area contributed by atoms with Crippen molar-refractivity contribution in [3.8, 4) is 0 Å². The summed E-state index contributed by atoms with van der Waals surface area (Å²) in [5.74, 6) is -1.08. The molecule has 0 spiro atoms. The Morgan fingerprint density at radius 1 is 0.360 bits per heavy atom. The van der Waals surface area contributed by atoms with E-state index in [1.165, 1.54) is 18.2 Å². The summed E-state index contributed by atoms with van der Waals surface area (Å²) in [7, 11) is -3.36. The molecule has 290 valence electrons. The highest BCUT2D eigenvalue weighted by atomic mass is 31.2. The van der Waals surface area contributed by atoms with E-state index in [1.807, 2.05) is 0 Å². The molecule has 1 N–H and O–H groups in total. The lowest BCUT2D eigenvalue weighted by molar-refractivity contribution is -0.138. The van der Waals surface area contributed by atoms with E-state index in [0.717, 1.165) is 154 Å². The van der Waals surface area contributed by atoms with Gasteiger partial charge in [0, 0.05) is 18.2 Å². The molecular weight excluding hydrogens is 659 g/mol. The maximum atomic E-state index is 11.1. The molecule has 11 heteroatoms. The average molecular weight is 730 g/mol. The van der Waals surface area contributed by atoms with Crippen LogP contribution in [-0.2, 0) is 42.2 Å². The van der Waals surface area contributed by atoms with Crippen LogP contribution in [0, 0.1) is 0 Å². The van der Waals surface area contributed by atoms with Crippen molar-refractivity contribution in [1.82, 2.24) is 0 Å². The summed E-state index contributed by atoms with van der Waals surface area (Å²) in [5.41, 5.74) is 0. The maximum Gasteiger partial charge on any atom is 0.572 e. The van der Waals surface area contributed by atoms with Crippen LogP contribution in [0.2, 0.25) is 0 Å². The normalized spacial score (nSPS) is 11.2. The molecule has 0 aliphatic carbocycles. The van der Waals surface area contributed by atoms with Gasteiger partial charge in [0.05, 0.1) is 19.8 Å². The molecule has 0 atom stereocenters. The Morgan fingerprint density at radius 3 is 0.740 bits per heavy atom. The Labute approximate surface area is 304 Å². The zero-order valence-electron chi connectivity index (χ0n) is 31.1. The zero-order valence-corrected chi connectivity index (χ0v) is 32.0. The lowest BCUT2D eigenvalue weighted by atomic mass is 10.1. The molecule has 0 aromatic rings. The molecule has 0 aromatic carbocycles. The van der Waals surface area contributed by atoms with Gasteiger partial charge in [-0.2, -0.15) is 18.5 Å². The highest BCUT2D eigenvalue weighted by Gasteiger charge is 2.44. The molecule has 50 heavy (non-hydrogen) atoms. The largest absolute Gasteiger partial charge is 0.572 e. The van der Waals surface area contributed by atoms with Crippen molar-refractivity contribution in [3.05, 3.63) is 38.0 Å². The lowest BCUT2D eigenvalue weighted by Gasteiger charge is -2.15. The monoisotopic (exact) mass is 729 g/mol. The van der Waals surface area contributed by atoms with Crippen LogP contribution in [0.15, 0.2) is 38.0 Å². The highest BCUT2D eigenvalue weighted by molar-refractivity contribution is 7.55. The first-order chi connectivity index (χ1) is 24.4. The number of esters is 3. The number of unbranched alkanes of at least 4 members (excludes halogenated alkanes) is 21. The first-order valence-corrected chi connectivity index (χ1v) is 20.8. The van der Waals surface area contributed by atoms with Gasteiger partial charge in [-0.3, -0.25) is 0 Å². The van der Waals surface area contributed by atoms with Crippen LogP contribution in [0.25, 0.3) is 0 Å². The molecule has 0 fully saturated rings. The smallest absolute Gasteiger partial charge is 0.463 e. The average Bonchev–Trinajstić information content (AvgIpc) is 3.12. The van der Waals surface area contributed by atoms with E-state index in [1.54, 1.807) is 0 Å². The van der Waals surface area contributed by atoms with Crippen LogP contribution in [-0.4, -0.2) is 62.4 Å². The van der Waals surface area contributed by atoms with E-state index < -0.39 is 8.17 Å². The third-order valence-electron chi connectivity index (χ3n) is 8.11. The SMILES string of the molecule is C=CC(=O)OCCCCCCCCCCO[P+](O)(OCCCCCCCCCCOC(=O)C=C)OCCCCCCCCCCOC(=O)C=C. The second kappa shape index (κ2) is 36.7. The summed E-state index contributed by atoms with van der Waals surface area (Å²) in [4.78, 5) is 44.3. The molecular formula is C39H70O10P+. The zero-order chi connectivity index (χ0) is 36.8. The van der Waals surface area contributed by atoms with Crippen molar-refractivity contribution >= 4 is 26.1 Å². The number of carbonyl (C=O) groups excluding carboxylic acids is 3. The molecule has 0 rings (SSSR count). The molecule has 0 aliphatic heterocycles. The van der Waals surface area contributed by atoms with E-state index in [4.69, 9.17) is 27.8 Å². The Morgan fingerprint density at radius 2 is 0.540 bits per heavy atom. The summed E-state index contributed by atoms with van der Waals surface area (Å²) in [6, 6.07) is 0. The number of carbonyl (C=O) groups is 3. The number of hydrogen-bond acceptors (Lipinski definition) is 10. The fourth-order valence-electron chi connectivity index (χ4n) is 5.14. The maximum absolute atomic E-state index is 11.1. The van der Waals surface area contributed by atoms with E-state index in [0.29, 0.717) is 39.6 Å². The molecule has 0 heterocycles. The molecule has 0 aliphatic rings. The Hall–Kier alpha value is -2.10. The van der Waals surface area contributed by atoms with Gasteiger partial charge in [-0.15, -0.1) is 0 Å². The fraction of sp³-hybridized carbons (Fsp3) is 0.769. The molecule has 0 unspecified atom stereocenters. The third-order valence-corrected chi connectivity index (χ3v) is 9.64. The van der Waals surface area contributed by atoms with Crippen LogP contribution in [0.5, 0.6) is 0 Å². The van der Waals surface area contributed by atoms with Crippen molar-refractivity contribution in [3.63, 3.8) is 0 Å². The van der Waals surface area contributed by atoms with Crippen LogP contribution in [0.4, 0.5) is 0 Å². The van der Waals surface area contributed by atoms with Crippen LogP contribution in [0.1, 0.15) is 154 Å². The van der Waals surface area contributed by atoms with Gasteiger partial charge in [-0.05, 0) is 38.5 Å². The predicted molar refractivity (Wildman–Crippen MR) is 201 cm³/mol. The second-order valence-corrected chi connectivity index (χ2v) is 14.3. The Balaban J connectivity index is 4.16. The molecule has 0 bridgehead atoms. The van der Waals surface area contributed by atoms with E-state index in [-0.39, 0.29) is 17.9 Å². The quantitative estimate of drug-likeness (QED) is 0.0215. The minimum Gasteiger partial charge on any atom is -0.463 e.